The third kappa shape index (κ3) is 4.46. The quantitative estimate of drug-likeness (QED) is 0.614. The van der Waals surface area contributed by atoms with Gasteiger partial charge in [0, 0.05) is 19.1 Å². The van der Waals surface area contributed by atoms with Crippen LogP contribution in [0, 0.1) is 0 Å². The Morgan fingerprint density at radius 3 is 2.86 bits per heavy atom. The highest BCUT2D eigenvalue weighted by molar-refractivity contribution is 5.73. The Hall–Kier alpha value is -0.770. The number of carbonyl (C=O) groups excluding carboxylic acids is 1. The van der Waals surface area contributed by atoms with Gasteiger partial charge in [0.05, 0.1) is 0 Å². The normalized spacial score (nSPS) is 20.8. The van der Waals surface area contributed by atoms with Crippen molar-refractivity contribution in [3.05, 3.63) is 0 Å². The smallest absolute Gasteiger partial charge is 0.314 e. The third-order valence-corrected chi connectivity index (χ3v) is 2.48. The minimum atomic E-state index is -0.0372. The van der Waals surface area contributed by atoms with Gasteiger partial charge < -0.3 is 16.0 Å². The molecule has 1 atom stereocenters. The summed E-state index contributed by atoms with van der Waals surface area (Å²) in [5.74, 6) is 0. The van der Waals surface area contributed by atoms with Crippen molar-refractivity contribution in [3.8, 4) is 0 Å². The first-order chi connectivity index (χ1) is 6.83. The Kier molecular flexibility index (Phi) is 5.37. The number of amides is 2. The zero-order valence-corrected chi connectivity index (χ0v) is 8.94. The van der Waals surface area contributed by atoms with Gasteiger partial charge >= 0.3 is 6.03 Å². The fourth-order valence-electron chi connectivity index (χ4n) is 1.66. The average molecular weight is 199 g/mol. The van der Waals surface area contributed by atoms with Crippen LogP contribution in [0.4, 0.5) is 4.79 Å². The van der Waals surface area contributed by atoms with Crippen molar-refractivity contribution in [2.45, 2.75) is 38.6 Å². The topological polar surface area (TPSA) is 53.2 Å². The average Bonchev–Trinajstić information content (AvgIpc) is 2.67. The van der Waals surface area contributed by atoms with Crippen LogP contribution in [-0.4, -0.2) is 31.7 Å². The molecule has 0 aromatic rings. The van der Waals surface area contributed by atoms with Gasteiger partial charge in [-0.2, -0.15) is 0 Å². The molecule has 1 aliphatic heterocycles. The number of rotatable bonds is 5. The molecule has 1 aliphatic rings. The zero-order chi connectivity index (χ0) is 10.2. The van der Waals surface area contributed by atoms with Crippen molar-refractivity contribution >= 4 is 6.03 Å². The van der Waals surface area contributed by atoms with Gasteiger partial charge in [-0.1, -0.05) is 6.92 Å². The second-order valence-electron chi connectivity index (χ2n) is 3.76. The van der Waals surface area contributed by atoms with E-state index in [1.165, 1.54) is 12.8 Å². The van der Waals surface area contributed by atoms with Gasteiger partial charge in [0.1, 0.15) is 0 Å². The van der Waals surface area contributed by atoms with Gasteiger partial charge in [0.15, 0.2) is 0 Å². The van der Waals surface area contributed by atoms with E-state index in [0.717, 1.165) is 32.5 Å². The number of carbonyl (C=O) groups is 1. The maximum absolute atomic E-state index is 11.1. The molecular formula is C10H21N3O. The van der Waals surface area contributed by atoms with E-state index in [1.54, 1.807) is 0 Å². The van der Waals surface area contributed by atoms with E-state index in [1.807, 2.05) is 6.92 Å². The van der Waals surface area contributed by atoms with E-state index in [0.29, 0.717) is 6.04 Å². The first-order valence-corrected chi connectivity index (χ1v) is 5.58. The zero-order valence-electron chi connectivity index (χ0n) is 8.94. The molecule has 1 fully saturated rings. The van der Waals surface area contributed by atoms with Crippen LogP contribution < -0.4 is 16.0 Å². The molecule has 0 saturated carbocycles. The second-order valence-corrected chi connectivity index (χ2v) is 3.76. The number of hydrogen-bond donors (Lipinski definition) is 3. The molecule has 0 radical (unpaired) electrons. The molecule has 14 heavy (non-hydrogen) atoms. The highest BCUT2D eigenvalue weighted by Gasteiger charge is 2.13. The molecule has 4 nitrogen and oxygen atoms in total. The lowest BCUT2D eigenvalue weighted by Crippen LogP contribution is -2.38. The molecule has 0 aromatic carbocycles. The van der Waals surface area contributed by atoms with E-state index in [4.69, 9.17) is 0 Å². The second kappa shape index (κ2) is 6.65. The van der Waals surface area contributed by atoms with E-state index in [9.17, 15) is 4.79 Å². The summed E-state index contributed by atoms with van der Waals surface area (Å²) in [4.78, 5) is 11.1. The fourth-order valence-corrected chi connectivity index (χ4v) is 1.66. The van der Waals surface area contributed by atoms with Gasteiger partial charge in [0.2, 0.25) is 0 Å². The first kappa shape index (κ1) is 11.3. The standard InChI is InChI=1S/C10H21N3O/c1-2-6-12-10(14)13-8-5-9-4-3-7-11-9/h9,11H,2-8H2,1H3,(H2,12,13,14)/t9-/m0/s1. The van der Waals surface area contributed by atoms with Gasteiger partial charge in [-0.3, -0.25) is 0 Å². The SMILES string of the molecule is CCCNC(=O)NCC[C@@H]1CCCN1. The van der Waals surface area contributed by atoms with Crippen LogP contribution in [-0.2, 0) is 0 Å². The molecule has 0 unspecified atom stereocenters. The number of hydrogen-bond acceptors (Lipinski definition) is 2. The van der Waals surface area contributed by atoms with Crippen molar-refractivity contribution in [1.29, 1.82) is 0 Å². The van der Waals surface area contributed by atoms with Crippen LogP contribution in [0.3, 0.4) is 0 Å². The molecular weight excluding hydrogens is 178 g/mol. The van der Waals surface area contributed by atoms with Gasteiger partial charge in [-0.15, -0.1) is 0 Å². The Balaban J connectivity index is 1.94. The fraction of sp³-hybridized carbons (Fsp3) is 0.900. The molecule has 82 valence electrons. The number of urea groups is 1. The van der Waals surface area contributed by atoms with E-state index in [-0.39, 0.29) is 6.03 Å². The first-order valence-electron chi connectivity index (χ1n) is 5.58. The predicted octanol–water partition coefficient (Wildman–Crippen LogP) is 0.838. The molecule has 2 amide bonds. The van der Waals surface area contributed by atoms with Crippen LogP contribution in [0.1, 0.15) is 32.6 Å². The van der Waals surface area contributed by atoms with Crippen molar-refractivity contribution in [2.75, 3.05) is 19.6 Å². The molecule has 0 bridgehead atoms. The Morgan fingerprint density at radius 2 is 2.21 bits per heavy atom. The molecule has 1 heterocycles. The van der Waals surface area contributed by atoms with E-state index < -0.39 is 0 Å². The Morgan fingerprint density at radius 1 is 1.43 bits per heavy atom. The summed E-state index contributed by atoms with van der Waals surface area (Å²) in [6.45, 7) is 4.70. The van der Waals surface area contributed by atoms with Gasteiger partial charge in [0.25, 0.3) is 0 Å². The van der Waals surface area contributed by atoms with Crippen LogP contribution in [0.5, 0.6) is 0 Å². The summed E-state index contributed by atoms with van der Waals surface area (Å²) in [6.07, 6.45) is 4.54. The largest absolute Gasteiger partial charge is 0.338 e. The van der Waals surface area contributed by atoms with Gasteiger partial charge in [-0.05, 0) is 32.2 Å². The Bertz CT molecular complexity index is 167. The predicted molar refractivity (Wildman–Crippen MR) is 57.3 cm³/mol. The molecule has 0 aliphatic carbocycles. The van der Waals surface area contributed by atoms with Gasteiger partial charge in [-0.25, -0.2) is 4.79 Å². The van der Waals surface area contributed by atoms with E-state index >= 15 is 0 Å². The highest BCUT2D eigenvalue weighted by atomic mass is 16.2. The summed E-state index contributed by atoms with van der Waals surface area (Å²) in [5, 5.41) is 9.04. The minimum Gasteiger partial charge on any atom is -0.338 e. The lowest BCUT2D eigenvalue weighted by molar-refractivity contribution is 0.240. The Labute approximate surface area is 85.8 Å². The van der Waals surface area contributed by atoms with Crippen LogP contribution in [0.25, 0.3) is 0 Å². The molecule has 4 heteroatoms. The summed E-state index contributed by atoms with van der Waals surface area (Å²) >= 11 is 0. The molecule has 1 saturated heterocycles. The molecule has 3 N–H and O–H groups in total. The maximum atomic E-state index is 11.1. The van der Waals surface area contributed by atoms with Crippen molar-refractivity contribution in [3.63, 3.8) is 0 Å². The monoisotopic (exact) mass is 199 g/mol. The van der Waals surface area contributed by atoms with Crippen LogP contribution >= 0.6 is 0 Å². The highest BCUT2D eigenvalue weighted by Crippen LogP contribution is 2.07. The maximum Gasteiger partial charge on any atom is 0.314 e. The molecule has 0 aromatic heterocycles. The van der Waals surface area contributed by atoms with Crippen molar-refractivity contribution in [1.82, 2.24) is 16.0 Å². The summed E-state index contributed by atoms with van der Waals surface area (Å²) in [7, 11) is 0. The minimum absolute atomic E-state index is 0.0372. The van der Waals surface area contributed by atoms with Crippen LogP contribution in [0.2, 0.25) is 0 Å². The summed E-state index contributed by atoms with van der Waals surface area (Å²) in [6, 6.07) is 0.575. The van der Waals surface area contributed by atoms with Crippen LogP contribution in [0.15, 0.2) is 0 Å². The van der Waals surface area contributed by atoms with Crippen molar-refractivity contribution in [2.24, 2.45) is 0 Å². The summed E-state index contributed by atoms with van der Waals surface area (Å²) in [5.41, 5.74) is 0. The summed E-state index contributed by atoms with van der Waals surface area (Å²) < 4.78 is 0. The van der Waals surface area contributed by atoms with Crippen molar-refractivity contribution < 1.29 is 4.79 Å². The third-order valence-electron chi connectivity index (χ3n) is 2.48. The lowest BCUT2D eigenvalue weighted by atomic mass is 10.1. The lowest BCUT2D eigenvalue weighted by Gasteiger charge is -2.11. The number of nitrogens with one attached hydrogen (secondary N) is 3. The molecule has 1 rings (SSSR count). The van der Waals surface area contributed by atoms with E-state index in [2.05, 4.69) is 16.0 Å². The molecule has 0 spiro atoms.